The number of hydrogen-bond donors (Lipinski definition) is 0. The van der Waals surface area contributed by atoms with E-state index in [0.717, 1.165) is 0 Å². The molecule has 0 heterocycles. The normalized spacial score (nSPS) is 16.2. The maximum absolute atomic E-state index is 5.65. The highest BCUT2D eigenvalue weighted by molar-refractivity contribution is 4.65. The quantitative estimate of drug-likeness (QED) is 0.585. The summed E-state index contributed by atoms with van der Waals surface area (Å²) in [6.45, 7) is 10.7. The third-order valence-electron chi connectivity index (χ3n) is 2.73. The molecule has 0 aromatic heterocycles. The first-order chi connectivity index (χ1) is 7.91. The first kappa shape index (κ1) is 16.8. The zero-order valence-electron chi connectivity index (χ0n) is 12.1. The molecule has 2 atom stereocenters. The molecule has 0 aliphatic heterocycles. The van der Waals surface area contributed by atoms with Gasteiger partial charge in [0.1, 0.15) is 6.23 Å². The highest BCUT2D eigenvalue weighted by Gasteiger charge is 2.34. The smallest absolute Gasteiger partial charge is 0.228 e. The fraction of sp³-hybridized carbons (Fsp3) is 1.00. The Kier molecular flexibility index (Phi) is 7.91. The average molecular weight is 249 g/mol. The van der Waals surface area contributed by atoms with Crippen LogP contribution in [0.5, 0.6) is 0 Å². The van der Waals surface area contributed by atoms with Gasteiger partial charge in [-0.3, -0.25) is 0 Å². The summed E-state index contributed by atoms with van der Waals surface area (Å²) >= 11 is 0. The molecule has 0 radical (unpaired) electrons. The molecule has 0 fully saturated rings. The predicted molar refractivity (Wildman–Crippen MR) is 66.4 cm³/mol. The Bertz CT molecular complexity index is 195. The average Bonchev–Trinajstić information content (AvgIpc) is 2.28. The van der Waals surface area contributed by atoms with Crippen molar-refractivity contribution in [2.75, 3.05) is 27.4 Å². The van der Waals surface area contributed by atoms with E-state index in [-0.39, 0.29) is 12.5 Å². The largest absolute Gasteiger partial charge is 0.356 e. The molecule has 0 bridgehead atoms. The van der Waals surface area contributed by atoms with Crippen molar-refractivity contribution in [3.05, 3.63) is 0 Å². The van der Waals surface area contributed by atoms with Crippen LogP contribution in [0, 0.1) is 0 Å². The van der Waals surface area contributed by atoms with Crippen LogP contribution in [0.1, 0.15) is 34.6 Å². The van der Waals surface area contributed by atoms with Crippen LogP contribution in [0.4, 0.5) is 0 Å². The molecule has 0 aromatic carbocycles. The number of hydrogen-bond acceptors (Lipinski definition) is 5. The monoisotopic (exact) mass is 249 g/mol. The summed E-state index contributed by atoms with van der Waals surface area (Å²) in [4.78, 5) is 1.90. The number of rotatable bonds is 9. The van der Waals surface area contributed by atoms with Crippen molar-refractivity contribution in [3.63, 3.8) is 0 Å². The molecule has 5 nitrogen and oxygen atoms in total. The van der Waals surface area contributed by atoms with E-state index in [1.807, 2.05) is 46.6 Å². The topological polar surface area (TPSA) is 40.2 Å². The third kappa shape index (κ3) is 5.31. The van der Waals surface area contributed by atoms with Gasteiger partial charge in [0.15, 0.2) is 6.29 Å². The number of nitrogens with zero attached hydrogens (tertiary/aromatic N) is 1. The predicted octanol–water partition coefficient (Wildman–Crippen LogP) is 2.02. The van der Waals surface area contributed by atoms with Gasteiger partial charge in [0.25, 0.3) is 0 Å². The van der Waals surface area contributed by atoms with Crippen molar-refractivity contribution < 1.29 is 18.9 Å². The van der Waals surface area contributed by atoms with Crippen LogP contribution in [0.2, 0.25) is 0 Å². The molecule has 0 aliphatic carbocycles. The van der Waals surface area contributed by atoms with E-state index in [9.17, 15) is 0 Å². The van der Waals surface area contributed by atoms with Gasteiger partial charge in [-0.15, -0.1) is 0 Å². The lowest BCUT2D eigenvalue weighted by Crippen LogP contribution is -2.53. The second kappa shape index (κ2) is 8.00. The Morgan fingerprint density at radius 3 is 1.94 bits per heavy atom. The second-order valence-electron chi connectivity index (χ2n) is 3.91. The molecule has 17 heavy (non-hydrogen) atoms. The van der Waals surface area contributed by atoms with Crippen LogP contribution in [-0.4, -0.2) is 50.7 Å². The van der Waals surface area contributed by atoms with Gasteiger partial charge in [-0.05, 0) is 34.7 Å². The third-order valence-corrected chi connectivity index (χ3v) is 2.73. The fourth-order valence-electron chi connectivity index (χ4n) is 1.54. The first-order valence-corrected chi connectivity index (χ1v) is 6.10. The molecule has 0 rings (SSSR count). The van der Waals surface area contributed by atoms with E-state index in [1.54, 1.807) is 7.11 Å². The van der Waals surface area contributed by atoms with Crippen molar-refractivity contribution in [2.45, 2.75) is 53.0 Å². The molecule has 0 spiro atoms. The van der Waals surface area contributed by atoms with Gasteiger partial charge < -0.3 is 18.9 Å². The molecule has 0 N–H and O–H groups in total. The highest BCUT2D eigenvalue weighted by atomic mass is 16.7. The van der Waals surface area contributed by atoms with Gasteiger partial charge in [0.2, 0.25) is 5.91 Å². The van der Waals surface area contributed by atoms with E-state index in [2.05, 4.69) is 0 Å². The van der Waals surface area contributed by atoms with Crippen LogP contribution in [-0.2, 0) is 18.9 Å². The van der Waals surface area contributed by atoms with Gasteiger partial charge in [0, 0.05) is 27.2 Å². The molecular formula is C12H27NO4. The van der Waals surface area contributed by atoms with Crippen molar-refractivity contribution in [1.29, 1.82) is 0 Å². The van der Waals surface area contributed by atoms with Crippen LogP contribution >= 0.6 is 0 Å². The second-order valence-corrected chi connectivity index (χ2v) is 3.91. The van der Waals surface area contributed by atoms with Crippen LogP contribution in [0.3, 0.4) is 0 Å². The molecule has 0 aromatic rings. The van der Waals surface area contributed by atoms with Gasteiger partial charge in [-0.25, -0.2) is 4.90 Å². The van der Waals surface area contributed by atoms with Crippen molar-refractivity contribution in [2.24, 2.45) is 0 Å². The Morgan fingerprint density at radius 1 is 1.12 bits per heavy atom. The zero-order valence-corrected chi connectivity index (χ0v) is 12.1. The van der Waals surface area contributed by atoms with Crippen molar-refractivity contribution >= 4 is 0 Å². The lowest BCUT2D eigenvalue weighted by atomic mass is 10.4. The summed E-state index contributed by atoms with van der Waals surface area (Å²) in [5, 5.41) is 0. The van der Waals surface area contributed by atoms with Crippen LogP contribution < -0.4 is 0 Å². The maximum atomic E-state index is 5.65. The van der Waals surface area contributed by atoms with Crippen LogP contribution in [0.15, 0.2) is 0 Å². The molecule has 0 saturated carbocycles. The highest BCUT2D eigenvalue weighted by Crippen LogP contribution is 2.20. The van der Waals surface area contributed by atoms with Crippen LogP contribution in [0.25, 0.3) is 0 Å². The Hall–Kier alpha value is -0.200. The molecule has 2 unspecified atom stereocenters. The molecular weight excluding hydrogens is 222 g/mol. The number of methoxy groups -OCH3 is 1. The first-order valence-electron chi connectivity index (χ1n) is 6.10. The van der Waals surface area contributed by atoms with E-state index >= 15 is 0 Å². The molecule has 104 valence electrons. The summed E-state index contributed by atoms with van der Waals surface area (Å²) in [5.41, 5.74) is 0. The van der Waals surface area contributed by atoms with E-state index < -0.39 is 5.91 Å². The zero-order chi connectivity index (χ0) is 13.5. The Labute approximate surface area is 105 Å². The van der Waals surface area contributed by atoms with Crippen molar-refractivity contribution in [1.82, 2.24) is 4.90 Å². The maximum Gasteiger partial charge on any atom is 0.228 e. The standard InChI is InChI=1S/C12H27NO4/c1-8-15-12(5,16-9-2)13(6)10(3)17-11(4)14-7/h10-11H,8-9H2,1-7H3. The summed E-state index contributed by atoms with van der Waals surface area (Å²) in [6.07, 6.45) is -0.437. The van der Waals surface area contributed by atoms with Gasteiger partial charge in [-0.1, -0.05) is 0 Å². The Balaban J connectivity index is 4.53. The van der Waals surface area contributed by atoms with Gasteiger partial charge >= 0.3 is 0 Å². The Morgan fingerprint density at radius 2 is 1.59 bits per heavy atom. The van der Waals surface area contributed by atoms with E-state index in [0.29, 0.717) is 13.2 Å². The molecule has 5 heteroatoms. The summed E-state index contributed by atoms with van der Waals surface area (Å²) in [5.74, 6) is -0.781. The summed E-state index contributed by atoms with van der Waals surface area (Å²) in [6, 6.07) is 0. The van der Waals surface area contributed by atoms with E-state index in [4.69, 9.17) is 18.9 Å². The summed E-state index contributed by atoms with van der Waals surface area (Å²) in [7, 11) is 3.51. The minimum atomic E-state index is -0.781. The lowest BCUT2D eigenvalue weighted by molar-refractivity contribution is -0.336. The minimum absolute atomic E-state index is 0.173. The summed E-state index contributed by atoms with van der Waals surface area (Å²) < 4.78 is 22.0. The fourth-order valence-corrected chi connectivity index (χ4v) is 1.54. The molecule has 0 saturated heterocycles. The minimum Gasteiger partial charge on any atom is -0.356 e. The molecule has 0 amide bonds. The van der Waals surface area contributed by atoms with Gasteiger partial charge in [-0.2, -0.15) is 0 Å². The number of ether oxygens (including phenoxy) is 4. The molecule has 0 aliphatic rings. The SMILES string of the molecule is CCOC(C)(OCC)N(C)C(C)OC(C)OC. The van der Waals surface area contributed by atoms with Gasteiger partial charge in [0.05, 0.1) is 0 Å². The van der Waals surface area contributed by atoms with Crippen molar-refractivity contribution in [3.8, 4) is 0 Å². The van der Waals surface area contributed by atoms with E-state index in [1.165, 1.54) is 0 Å². The lowest BCUT2D eigenvalue weighted by Gasteiger charge is -2.41.